The van der Waals surface area contributed by atoms with Gasteiger partial charge in [0.05, 0.1) is 30.4 Å². The number of rotatable bonds is 5. The minimum absolute atomic E-state index is 0.0317. The van der Waals surface area contributed by atoms with Crippen molar-refractivity contribution >= 4 is 33.9 Å². The van der Waals surface area contributed by atoms with Crippen molar-refractivity contribution in [2.24, 2.45) is 0 Å². The Morgan fingerprint density at radius 3 is 2.81 bits per heavy atom. The van der Waals surface area contributed by atoms with Crippen LogP contribution in [0.1, 0.15) is 33.3 Å². The van der Waals surface area contributed by atoms with Crippen molar-refractivity contribution in [3.63, 3.8) is 0 Å². The molecule has 0 N–H and O–H groups in total. The van der Waals surface area contributed by atoms with Crippen LogP contribution in [0.3, 0.4) is 0 Å². The molecule has 1 aliphatic heterocycles. The van der Waals surface area contributed by atoms with Crippen LogP contribution in [0.15, 0.2) is 18.2 Å². The first-order valence-electron chi connectivity index (χ1n) is 8.54. The predicted molar refractivity (Wildman–Crippen MR) is 102 cm³/mol. The second-order valence-electron chi connectivity index (χ2n) is 5.95. The number of esters is 1. The minimum Gasteiger partial charge on any atom is -0.462 e. The highest BCUT2D eigenvalue weighted by molar-refractivity contribution is 7.18. The lowest BCUT2D eigenvalue weighted by atomic mass is 10.0. The third-order valence-corrected chi connectivity index (χ3v) is 5.80. The highest BCUT2D eigenvalue weighted by Crippen LogP contribution is 2.38. The number of nitriles is 1. The Labute approximate surface area is 165 Å². The molecule has 1 saturated heterocycles. The van der Waals surface area contributed by atoms with Crippen LogP contribution in [0.2, 0.25) is 5.02 Å². The molecule has 0 atom stereocenters. The van der Waals surface area contributed by atoms with E-state index >= 15 is 0 Å². The monoisotopic (exact) mass is 408 g/mol. The largest absolute Gasteiger partial charge is 0.462 e. The number of morpholine rings is 1. The molecule has 1 aromatic carbocycles. The predicted octanol–water partition coefficient (Wildman–Crippen LogP) is 4.02. The van der Waals surface area contributed by atoms with Gasteiger partial charge in [-0.05, 0) is 24.6 Å². The maximum Gasteiger partial charge on any atom is 0.348 e. The zero-order chi connectivity index (χ0) is 19.4. The van der Waals surface area contributed by atoms with Crippen LogP contribution >= 0.6 is 22.9 Å². The van der Waals surface area contributed by atoms with E-state index in [0.29, 0.717) is 47.9 Å². The Balaban J connectivity index is 2.05. The molecule has 0 saturated carbocycles. The summed E-state index contributed by atoms with van der Waals surface area (Å²) >= 11 is 7.00. The highest BCUT2D eigenvalue weighted by atomic mass is 35.5. The normalized spacial score (nSPS) is 14.1. The number of nitrogens with zero attached hydrogens (tertiary/aromatic N) is 2. The van der Waals surface area contributed by atoms with Gasteiger partial charge in [-0.3, -0.25) is 0 Å². The number of carbonyl (C=O) groups is 1. The molecule has 0 aliphatic carbocycles. The molecule has 2 heterocycles. The molecular formula is C19H18ClFN2O3S. The number of halogens is 2. The van der Waals surface area contributed by atoms with E-state index < -0.39 is 11.8 Å². The van der Waals surface area contributed by atoms with Gasteiger partial charge in [-0.1, -0.05) is 17.7 Å². The maximum atomic E-state index is 13.8. The Morgan fingerprint density at radius 2 is 2.19 bits per heavy atom. The van der Waals surface area contributed by atoms with Crippen LogP contribution in [0.4, 0.5) is 9.39 Å². The zero-order valence-electron chi connectivity index (χ0n) is 14.8. The molecule has 0 radical (unpaired) electrons. The second kappa shape index (κ2) is 8.70. The molecule has 0 amide bonds. The van der Waals surface area contributed by atoms with Gasteiger partial charge in [-0.25, -0.2) is 9.18 Å². The SMILES string of the molecule is CCOC(=O)c1sc(N2CCOCC2)c(C#N)c1Cc1ccc(Cl)c(F)c1. The Hall–Kier alpha value is -2.14. The number of thiophene rings is 1. The van der Waals surface area contributed by atoms with E-state index in [4.69, 9.17) is 21.1 Å². The van der Waals surface area contributed by atoms with Crippen molar-refractivity contribution in [3.05, 3.63) is 50.6 Å². The number of benzene rings is 1. The van der Waals surface area contributed by atoms with Crippen LogP contribution < -0.4 is 4.90 Å². The molecule has 142 valence electrons. The van der Waals surface area contributed by atoms with Gasteiger partial charge in [0.1, 0.15) is 21.8 Å². The van der Waals surface area contributed by atoms with E-state index in [1.165, 1.54) is 23.5 Å². The standard InChI is InChI=1S/C19H18ClFN2O3S/c1-2-26-19(24)17-13(9-12-3-4-15(20)16(21)10-12)14(11-22)18(27-17)23-5-7-25-8-6-23/h3-4,10H,2,5-9H2,1H3. The van der Waals surface area contributed by atoms with Crippen molar-refractivity contribution < 1.29 is 18.7 Å². The number of carbonyl (C=O) groups excluding carboxylic acids is 1. The fourth-order valence-corrected chi connectivity index (χ4v) is 4.27. The third kappa shape index (κ3) is 4.24. The third-order valence-electron chi connectivity index (χ3n) is 4.22. The van der Waals surface area contributed by atoms with Gasteiger partial charge in [0.15, 0.2) is 0 Å². The zero-order valence-corrected chi connectivity index (χ0v) is 16.3. The summed E-state index contributed by atoms with van der Waals surface area (Å²) in [6.07, 6.45) is 0.242. The molecule has 3 rings (SSSR count). The summed E-state index contributed by atoms with van der Waals surface area (Å²) in [7, 11) is 0. The van der Waals surface area contributed by atoms with Gasteiger partial charge in [-0.2, -0.15) is 5.26 Å². The van der Waals surface area contributed by atoms with E-state index in [1.54, 1.807) is 13.0 Å². The van der Waals surface area contributed by atoms with Gasteiger partial charge in [0.2, 0.25) is 0 Å². The van der Waals surface area contributed by atoms with E-state index in [-0.39, 0.29) is 18.1 Å². The Bertz CT molecular complexity index is 888. The number of hydrogen-bond acceptors (Lipinski definition) is 6. The lowest BCUT2D eigenvalue weighted by Gasteiger charge is -2.27. The van der Waals surface area contributed by atoms with E-state index in [9.17, 15) is 14.4 Å². The van der Waals surface area contributed by atoms with E-state index in [1.807, 2.05) is 4.90 Å². The van der Waals surface area contributed by atoms with Crippen molar-refractivity contribution in [2.45, 2.75) is 13.3 Å². The fraction of sp³-hybridized carbons (Fsp3) is 0.368. The fourth-order valence-electron chi connectivity index (χ4n) is 2.94. The first-order chi connectivity index (χ1) is 13.0. The van der Waals surface area contributed by atoms with E-state index in [0.717, 1.165) is 5.00 Å². The topological polar surface area (TPSA) is 62.6 Å². The van der Waals surface area contributed by atoms with Crippen LogP contribution in [0.25, 0.3) is 0 Å². The summed E-state index contributed by atoms with van der Waals surface area (Å²) in [5.74, 6) is -1.00. The summed E-state index contributed by atoms with van der Waals surface area (Å²) in [5, 5.41) is 10.5. The average molecular weight is 409 g/mol. The van der Waals surface area contributed by atoms with Gasteiger partial charge < -0.3 is 14.4 Å². The van der Waals surface area contributed by atoms with Gasteiger partial charge in [0, 0.05) is 25.1 Å². The number of ether oxygens (including phenoxy) is 2. The van der Waals surface area contributed by atoms with Crippen LogP contribution in [0, 0.1) is 17.1 Å². The smallest absolute Gasteiger partial charge is 0.348 e. The summed E-state index contributed by atoms with van der Waals surface area (Å²) in [6.45, 7) is 4.39. The first-order valence-corrected chi connectivity index (χ1v) is 9.74. The molecule has 27 heavy (non-hydrogen) atoms. The molecule has 8 heteroatoms. The highest BCUT2D eigenvalue weighted by Gasteiger charge is 2.27. The lowest BCUT2D eigenvalue weighted by molar-refractivity contribution is 0.0531. The van der Waals surface area contributed by atoms with Crippen LogP contribution in [-0.2, 0) is 15.9 Å². The van der Waals surface area contributed by atoms with Crippen molar-refractivity contribution in [1.29, 1.82) is 5.26 Å². The molecule has 0 bridgehead atoms. The Kier molecular flexibility index (Phi) is 6.32. The minimum atomic E-state index is -0.533. The summed E-state index contributed by atoms with van der Waals surface area (Å²) in [4.78, 5) is 14.9. The van der Waals surface area contributed by atoms with Crippen molar-refractivity contribution in [1.82, 2.24) is 0 Å². The molecular weight excluding hydrogens is 391 g/mol. The lowest BCUT2D eigenvalue weighted by Crippen LogP contribution is -2.36. The average Bonchev–Trinajstić information content (AvgIpc) is 3.04. The van der Waals surface area contributed by atoms with Crippen molar-refractivity contribution in [3.8, 4) is 6.07 Å². The number of hydrogen-bond donors (Lipinski definition) is 0. The van der Waals surface area contributed by atoms with Gasteiger partial charge in [-0.15, -0.1) is 11.3 Å². The van der Waals surface area contributed by atoms with Gasteiger partial charge >= 0.3 is 5.97 Å². The van der Waals surface area contributed by atoms with E-state index in [2.05, 4.69) is 6.07 Å². The second-order valence-corrected chi connectivity index (χ2v) is 7.35. The summed E-state index contributed by atoms with van der Waals surface area (Å²) < 4.78 is 24.4. The molecule has 5 nitrogen and oxygen atoms in total. The summed E-state index contributed by atoms with van der Waals surface area (Å²) in [5.41, 5.74) is 1.62. The quantitative estimate of drug-likeness (QED) is 0.699. The number of anilines is 1. The first kappa shape index (κ1) is 19.6. The van der Waals surface area contributed by atoms with Crippen LogP contribution in [0.5, 0.6) is 0 Å². The Morgan fingerprint density at radius 1 is 1.44 bits per heavy atom. The molecule has 2 aromatic rings. The van der Waals surface area contributed by atoms with Crippen molar-refractivity contribution in [2.75, 3.05) is 37.8 Å². The maximum absolute atomic E-state index is 13.8. The molecule has 0 spiro atoms. The molecule has 0 unspecified atom stereocenters. The van der Waals surface area contributed by atoms with Crippen LogP contribution in [-0.4, -0.2) is 38.9 Å². The summed E-state index contributed by atoms with van der Waals surface area (Å²) in [6, 6.07) is 6.71. The molecule has 1 aliphatic rings. The molecule has 1 fully saturated rings. The molecule has 1 aromatic heterocycles. The van der Waals surface area contributed by atoms with Gasteiger partial charge in [0.25, 0.3) is 0 Å².